The fourth-order valence-corrected chi connectivity index (χ4v) is 4.71. The minimum absolute atomic E-state index is 0.0773. The fourth-order valence-electron chi connectivity index (χ4n) is 4.45. The first-order valence-corrected chi connectivity index (χ1v) is 13.9. The van der Waals surface area contributed by atoms with E-state index in [-0.39, 0.29) is 6.04 Å². The predicted octanol–water partition coefficient (Wildman–Crippen LogP) is 7.47. The van der Waals surface area contributed by atoms with Gasteiger partial charge in [-0.2, -0.15) is 0 Å². The van der Waals surface area contributed by atoms with E-state index in [4.69, 9.17) is 28.2 Å². The third-order valence-electron chi connectivity index (χ3n) is 6.56. The van der Waals surface area contributed by atoms with Crippen LogP contribution in [0.25, 0.3) is 22.4 Å². The summed E-state index contributed by atoms with van der Waals surface area (Å²) < 4.78 is 0. The molecule has 3 aromatic heterocycles. The molecule has 1 atom stereocenters. The largest absolute Gasteiger partial charge is 0.367 e. The molecule has 3 heterocycles. The van der Waals surface area contributed by atoms with Crippen LogP contribution in [0.3, 0.4) is 0 Å². The van der Waals surface area contributed by atoms with Crippen molar-refractivity contribution in [1.29, 1.82) is 0 Å². The summed E-state index contributed by atoms with van der Waals surface area (Å²) >= 11 is 12.6. The molecule has 0 aliphatic heterocycles. The highest BCUT2D eigenvalue weighted by Gasteiger charge is 2.15. The SMILES string of the molecule is Cc1nc(-c2ccc(Cl)cn2)nc(NC[C@H](NCCCCc2ccc3ccccc3n2)c2ccccc2)c1Cl. The number of pyridine rings is 2. The van der Waals surface area contributed by atoms with Gasteiger partial charge in [0.1, 0.15) is 16.5 Å². The Morgan fingerprint density at radius 2 is 1.64 bits per heavy atom. The molecule has 0 aliphatic carbocycles. The van der Waals surface area contributed by atoms with Gasteiger partial charge in [0.05, 0.1) is 16.2 Å². The van der Waals surface area contributed by atoms with Crippen molar-refractivity contribution in [3.05, 3.63) is 112 Å². The lowest BCUT2D eigenvalue weighted by atomic mass is 10.1. The summed E-state index contributed by atoms with van der Waals surface area (Å²) in [5, 5.41) is 9.40. The van der Waals surface area contributed by atoms with Gasteiger partial charge in [-0.05, 0) is 62.6 Å². The van der Waals surface area contributed by atoms with E-state index >= 15 is 0 Å². The Morgan fingerprint density at radius 3 is 2.46 bits per heavy atom. The van der Waals surface area contributed by atoms with Crippen LogP contribution in [0.5, 0.6) is 0 Å². The molecule has 0 fully saturated rings. The number of para-hydroxylation sites is 1. The van der Waals surface area contributed by atoms with E-state index in [1.54, 1.807) is 18.3 Å². The van der Waals surface area contributed by atoms with Crippen molar-refractivity contribution in [2.75, 3.05) is 18.4 Å². The number of benzene rings is 2. The summed E-state index contributed by atoms with van der Waals surface area (Å²) in [7, 11) is 0. The van der Waals surface area contributed by atoms with Crippen LogP contribution in [0.15, 0.2) is 85.1 Å². The van der Waals surface area contributed by atoms with Crippen LogP contribution < -0.4 is 10.6 Å². The number of rotatable bonds is 11. The standard InChI is InChI=1S/C31H30Cl2N6/c1-21-29(33)31(39-30(37-21)27-17-15-24(32)19-35-27)36-20-28(22-9-3-2-4-10-22)34-18-8-7-12-25-16-14-23-11-5-6-13-26(23)38-25/h2-6,9-11,13-17,19,28,34H,7-8,12,18,20H2,1H3,(H,36,37,39)/t28-/m0/s1. The van der Waals surface area contributed by atoms with Crippen molar-refractivity contribution in [2.24, 2.45) is 0 Å². The highest BCUT2D eigenvalue weighted by atomic mass is 35.5. The number of hydrogen-bond acceptors (Lipinski definition) is 6. The second-order valence-corrected chi connectivity index (χ2v) is 10.2. The maximum atomic E-state index is 6.59. The van der Waals surface area contributed by atoms with Gasteiger partial charge in [-0.3, -0.25) is 9.97 Å². The number of hydrogen-bond donors (Lipinski definition) is 2. The molecule has 6 nitrogen and oxygen atoms in total. The van der Waals surface area contributed by atoms with Crippen molar-refractivity contribution in [3.63, 3.8) is 0 Å². The van der Waals surface area contributed by atoms with E-state index in [1.807, 2.05) is 25.1 Å². The number of aromatic nitrogens is 4. The molecule has 0 spiro atoms. The first-order chi connectivity index (χ1) is 19.1. The van der Waals surface area contributed by atoms with Crippen molar-refractivity contribution < 1.29 is 0 Å². The number of aryl methyl sites for hydroxylation is 2. The van der Waals surface area contributed by atoms with Gasteiger partial charge >= 0.3 is 0 Å². The number of fused-ring (bicyclic) bond motifs is 1. The van der Waals surface area contributed by atoms with Crippen LogP contribution in [0, 0.1) is 6.92 Å². The molecular formula is C31H30Cl2N6. The van der Waals surface area contributed by atoms with E-state index in [9.17, 15) is 0 Å². The second kappa shape index (κ2) is 13.0. The Hall–Kier alpha value is -3.58. The van der Waals surface area contributed by atoms with Crippen molar-refractivity contribution in [1.82, 2.24) is 25.3 Å². The second-order valence-electron chi connectivity index (χ2n) is 9.41. The summed E-state index contributed by atoms with van der Waals surface area (Å²) in [6.45, 7) is 3.36. The molecule has 5 aromatic rings. The first kappa shape index (κ1) is 27.0. The van der Waals surface area contributed by atoms with Crippen LogP contribution in [-0.2, 0) is 6.42 Å². The zero-order chi connectivity index (χ0) is 27.0. The van der Waals surface area contributed by atoms with E-state index in [0.29, 0.717) is 39.6 Å². The van der Waals surface area contributed by atoms with Crippen molar-refractivity contribution >= 4 is 39.9 Å². The lowest BCUT2D eigenvalue weighted by molar-refractivity contribution is 0.530. The van der Waals surface area contributed by atoms with Gasteiger partial charge in [-0.25, -0.2) is 9.97 Å². The molecule has 39 heavy (non-hydrogen) atoms. The molecule has 0 bridgehead atoms. The molecule has 5 rings (SSSR count). The minimum atomic E-state index is 0.0773. The van der Waals surface area contributed by atoms with Crippen LogP contribution >= 0.6 is 23.2 Å². The third-order valence-corrected chi connectivity index (χ3v) is 7.23. The monoisotopic (exact) mass is 556 g/mol. The van der Waals surface area contributed by atoms with Gasteiger partial charge in [-0.1, -0.05) is 77.8 Å². The normalized spacial score (nSPS) is 12.0. The van der Waals surface area contributed by atoms with Crippen LogP contribution in [0.2, 0.25) is 10.0 Å². The van der Waals surface area contributed by atoms with E-state index in [2.05, 4.69) is 74.1 Å². The minimum Gasteiger partial charge on any atom is -0.367 e. The smallest absolute Gasteiger partial charge is 0.180 e. The predicted molar refractivity (Wildman–Crippen MR) is 160 cm³/mol. The zero-order valence-corrected chi connectivity index (χ0v) is 23.3. The summed E-state index contributed by atoms with van der Waals surface area (Å²) in [5.41, 5.74) is 4.71. The Kier molecular flexibility index (Phi) is 8.99. The molecule has 2 aromatic carbocycles. The Morgan fingerprint density at radius 1 is 0.821 bits per heavy atom. The Balaban J connectivity index is 1.21. The molecule has 0 aliphatic rings. The molecule has 0 amide bonds. The summed E-state index contributed by atoms with van der Waals surface area (Å²) in [4.78, 5) is 18.3. The highest BCUT2D eigenvalue weighted by Crippen LogP contribution is 2.27. The molecular weight excluding hydrogens is 527 g/mol. The summed E-state index contributed by atoms with van der Waals surface area (Å²) in [6, 6.07) is 26.6. The molecule has 8 heteroatoms. The number of anilines is 1. The van der Waals surface area contributed by atoms with Gasteiger partial charge in [0.15, 0.2) is 5.82 Å². The van der Waals surface area contributed by atoms with E-state index in [1.165, 1.54) is 10.9 Å². The van der Waals surface area contributed by atoms with Crippen LogP contribution in [0.4, 0.5) is 5.82 Å². The topological polar surface area (TPSA) is 75.6 Å². The maximum Gasteiger partial charge on any atom is 0.180 e. The average Bonchev–Trinajstić information content (AvgIpc) is 2.97. The Labute approximate surface area is 238 Å². The molecule has 2 N–H and O–H groups in total. The molecule has 0 radical (unpaired) electrons. The molecule has 0 saturated heterocycles. The quantitative estimate of drug-likeness (QED) is 0.164. The number of nitrogens with one attached hydrogen (secondary N) is 2. The molecule has 0 saturated carbocycles. The van der Waals surface area contributed by atoms with Gasteiger partial charge in [0.25, 0.3) is 0 Å². The summed E-state index contributed by atoms with van der Waals surface area (Å²) in [5.74, 6) is 1.09. The lowest BCUT2D eigenvalue weighted by Crippen LogP contribution is -2.29. The first-order valence-electron chi connectivity index (χ1n) is 13.1. The Bertz CT molecular complexity index is 1530. The van der Waals surface area contributed by atoms with Crippen molar-refractivity contribution in [2.45, 2.75) is 32.2 Å². The van der Waals surface area contributed by atoms with Crippen molar-refractivity contribution in [3.8, 4) is 11.5 Å². The van der Waals surface area contributed by atoms with Gasteiger partial charge in [0, 0.05) is 29.9 Å². The van der Waals surface area contributed by atoms with Gasteiger partial charge in [-0.15, -0.1) is 0 Å². The third kappa shape index (κ3) is 7.09. The van der Waals surface area contributed by atoms with Gasteiger partial charge in [0.2, 0.25) is 0 Å². The molecule has 198 valence electrons. The maximum absolute atomic E-state index is 6.59. The number of halogens is 2. The molecule has 0 unspecified atom stereocenters. The highest BCUT2D eigenvalue weighted by molar-refractivity contribution is 6.33. The lowest BCUT2D eigenvalue weighted by Gasteiger charge is -2.21. The van der Waals surface area contributed by atoms with E-state index < -0.39 is 0 Å². The average molecular weight is 558 g/mol. The summed E-state index contributed by atoms with van der Waals surface area (Å²) in [6.07, 6.45) is 4.64. The number of nitrogens with zero attached hydrogens (tertiary/aromatic N) is 4. The zero-order valence-electron chi connectivity index (χ0n) is 21.7. The van der Waals surface area contributed by atoms with Gasteiger partial charge < -0.3 is 10.6 Å². The van der Waals surface area contributed by atoms with E-state index in [0.717, 1.165) is 37.0 Å². The van der Waals surface area contributed by atoms with Crippen LogP contribution in [0.1, 0.15) is 35.8 Å². The fraction of sp³-hybridized carbons (Fsp3) is 0.226. The van der Waals surface area contributed by atoms with Crippen LogP contribution in [-0.4, -0.2) is 33.0 Å². The number of unbranched alkanes of at least 4 members (excludes halogenated alkanes) is 1.